The molecule has 0 saturated carbocycles. The molecule has 25 heavy (non-hydrogen) atoms. The summed E-state index contributed by atoms with van der Waals surface area (Å²) in [5.41, 5.74) is 1.09. The number of amides is 2. The van der Waals surface area contributed by atoms with E-state index in [4.69, 9.17) is 0 Å². The zero-order chi connectivity index (χ0) is 18.6. The van der Waals surface area contributed by atoms with Gasteiger partial charge in [0.25, 0.3) is 5.91 Å². The van der Waals surface area contributed by atoms with Crippen LogP contribution in [0.3, 0.4) is 0 Å². The highest BCUT2D eigenvalue weighted by Crippen LogP contribution is 2.20. The van der Waals surface area contributed by atoms with Gasteiger partial charge in [0.1, 0.15) is 0 Å². The van der Waals surface area contributed by atoms with E-state index in [1.54, 1.807) is 12.1 Å². The Morgan fingerprint density at radius 1 is 0.880 bits per heavy atom. The first kappa shape index (κ1) is 18.5. The molecule has 0 aliphatic rings. The van der Waals surface area contributed by atoms with Gasteiger partial charge in [0.15, 0.2) is 0 Å². The van der Waals surface area contributed by atoms with Crippen molar-refractivity contribution in [3.63, 3.8) is 0 Å². The molecule has 6 nitrogen and oxygen atoms in total. The van der Waals surface area contributed by atoms with Gasteiger partial charge in [-0.1, -0.05) is 0 Å². The first-order valence-electron chi connectivity index (χ1n) is 7.01. The molecule has 2 rings (SSSR count). The number of hydrogen-bond donors (Lipinski definition) is 2. The van der Waals surface area contributed by atoms with Crippen LogP contribution in [0.4, 0.5) is 20.2 Å². The summed E-state index contributed by atoms with van der Waals surface area (Å²) in [7, 11) is -4.67. The lowest BCUT2D eigenvalue weighted by Crippen LogP contribution is -2.13. The van der Waals surface area contributed by atoms with Crippen LogP contribution in [0.15, 0.2) is 53.4 Å². The van der Waals surface area contributed by atoms with Crippen LogP contribution in [0.25, 0.3) is 0 Å². The van der Waals surface area contributed by atoms with E-state index in [2.05, 4.69) is 10.6 Å². The molecule has 0 heterocycles. The summed E-state index contributed by atoms with van der Waals surface area (Å²) >= 11 is 0. The highest BCUT2D eigenvalue weighted by Gasteiger charge is 2.26. The smallest absolute Gasteiger partial charge is 0.326 e. The summed E-state index contributed by atoms with van der Waals surface area (Å²) in [6.07, 6.45) is 0. The molecule has 9 heteroatoms. The molecular weight excluding hydrogens is 354 g/mol. The molecular formula is C16H14F2N2O4S. The molecule has 0 unspecified atom stereocenters. The summed E-state index contributed by atoms with van der Waals surface area (Å²) in [5.74, 6) is -4.22. The Balaban J connectivity index is 2.09. The number of hydrogen-bond acceptors (Lipinski definition) is 4. The van der Waals surface area contributed by atoms with Gasteiger partial charge in [-0.25, -0.2) is 8.42 Å². The fourth-order valence-electron chi connectivity index (χ4n) is 1.94. The summed E-state index contributed by atoms with van der Waals surface area (Å²) in [6, 6.07) is 10.5. The van der Waals surface area contributed by atoms with Crippen molar-refractivity contribution in [3.8, 4) is 0 Å². The van der Waals surface area contributed by atoms with Crippen molar-refractivity contribution in [3.05, 3.63) is 54.1 Å². The summed E-state index contributed by atoms with van der Waals surface area (Å²) in [5, 5.41) is 5.08. The topological polar surface area (TPSA) is 92.3 Å². The molecule has 0 atom stereocenters. The van der Waals surface area contributed by atoms with E-state index in [0.717, 1.165) is 12.1 Å². The van der Waals surface area contributed by atoms with Gasteiger partial charge in [0, 0.05) is 23.9 Å². The molecule has 2 aromatic rings. The highest BCUT2D eigenvalue weighted by atomic mass is 32.2. The number of sulfone groups is 1. The zero-order valence-corrected chi connectivity index (χ0v) is 13.8. The fraction of sp³-hybridized carbons (Fsp3) is 0.125. The van der Waals surface area contributed by atoms with Gasteiger partial charge in [-0.2, -0.15) is 8.78 Å². The normalized spacial score (nSPS) is 11.2. The SMILES string of the molecule is CC(=O)Nc1ccc(C(=O)Nc2ccc(S(=O)(=O)C(F)F)cc2)cc1. The Kier molecular flexibility index (Phi) is 5.48. The maximum absolute atomic E-state index is 12.5. The van der Waals surface area contributed by atoms with Crippen molar-refractivity contribution in [2.24, 2.45) is 0 Å². The third-order valence-electron chi connectivity index (χ3n) is 3.14. The third-order valence-corrected chi connectivity index (χ3v) is 4.54. The first-order valence-corrected chi connectivity index (χ1v) is 8.56. The fourth-order valence-corrected chi connectivity index (χ4v) is 2.66. The molecule has 0 radical (unpaired) electrons. The van der Waals surface area contributed by atoms with Gasteiger partial charge < -0.3 is 10.6 Å². The average Bonchev–Trinajstić information content (AvgIpc) is 2.55. The summed E-state index contributed by atoms with van der Waals surface area (Å²) in [6.45, 7) is 1.36. The van der Waals surface area contributed by atoms with Crippen molar-refractivity contribution in [2.75, 3.05) is 10.6 Å². The van der Waals surface area contributed by atoms with Crippen LogP contribution in [-0.2, 0) is 14.6 Å². The number of anilines is 2. The number of carbonyl (C=O) groups excluding carboxylic acids is 2. The Hall–Kier alpha value is -2.81. The minimum Gasteiger partial charge on any atom is -0.326 e. The molecule has 0 fully saturated rings. The number of nitrogens with one attached hydrogen (secondary N) is 2. The molecule has 2 amide bonds. The average molecular weight is 368 g/mol. The second-order valence-corrected chi connectivity index (χ2v) is 6.96. The van der Waals surface area contributed by atoms with Crippen molar-refractivity contribution in [1.29, 1.82) is 0 Å². The van der Waals surface area contributed by atoms with E-state index < -0.39 is 26.4 Å². The van der Waals surface area contributed by atoms with Gasteiger partial charge >= 0.3 is 5.76 Å². The van der Waals surface area contributed by atoms with E-state index in [-0.39, 0.29) is 11.6 Å². The minimum atomic E-state index is -4.67. The van der Waals surface area contributed by atoms with Crippen LogP contribution in [-0.4, -0.2) is 26.0 Å². The van der Waals surface area contributed by atoms with E-state index in [1.807, 2.05) is 0 Å². The predicted octanol–water partition coefficient (Wildman–Crippen LogP) is 2.89. The lowest BCUT2D eigenvalue weighted by Gasteiger charge is -2.08. The van der Waals surface area contributed by atoms with Crippen LogP contribution in [0, 0.1) is 0 Å². The first-order chi connectivity index (χ1) is 11.7. The molecule has 132 valence electrons. The Morgan fingerprint density at radius 2 is 1.36 bits per heavy atom. The molecule has 0 saturated heterocycles. The maximum atomic E-state index is 12.5. The molecule has 0 aliphatic heterocycles. The van der Waals surface area contributed by atoms with Crippen LogP contribution in [0.2, 0.25) is 0 Å². The molecule has 2 aromatic carbocycles. The predicted molar refractivity (Wildman–Crippen MR) is 88.3 cm³/mol. The van der Waals surface area contributed by atoms with Crippen molar-refractivity contribution >= 4 is 33.0 Å². The van der Waals surface area contributed by atoms with Crippen molar-refractivity contribution in [1.82, 2.24) is 0 Å². The quantitative estimate of drug-likeness (QED) is 0.849. The largest absolute Gasteiger partial charge is 0.341 e. The number of carbonyl (C=O) groups is 2. The van der Waals surface area contributed by atoms with Gasteiger partial charge in [0.2, 0.25) is 15.7 Å². The number of halogens is 2. The van der Waals surface area contributed by atoms with Crippen molar-refractivity contribution < 1.29 is 26.8 Å². The number of rotatable bonds is 5. The van der Waals surface area contributed by atoms with Crippen LogP contribution >= 0.6 is 0 Å². The lowest BCUT2D eigenvalue weighted by atomic mass is 10.2. The maximum Gasteiger partial charge on any atom is 0.341 e. The number of benzene rings is 2. The summed E-state index contributed by atoms with van der Waals surface area (Å²) in [4.78, 5) is 22.5. The molecule has 0 spiro atoms. The van der Waals surface area contributed by atoms with Crippen LogP contribution in [0.1, 0.15) is 17.3 Å². The lowest BCUT2D eigenvalue weighted by molar-refractivity contribution is -0.114. The molecule has 0 bridgehead atoms. The minimum absolute atomic E-state index is 0.240. The standard InChI is InChI=1S/C16H14F2N2O4S/c1-10(21)19-12-4-2-11(3-5-12)15(22)20-13-6-8-14(9-7-13)25(23,24)16(17)18/h2-9,16H,1H3,(H,19,21)(H,20,22). The van der Waals surface area contributed by atoms with Gasteiger partial charge in [-0.05, 0) is 48.5 Å². The van der Waals surface area contributed by atoms with Gasteiger partial charge in [-0.15, -0.1) is 0 Å². The third kappa shape index (κ3) is 4.60. The van der Waals surface area contributed by atoms with Gasteiger partial charge in [0.05, 0.1) is 4.90 Å². The second kappa shape index (κ2) is 7.39. The molecule has 0 aromatic heterocycles. The van der Waals surface area contributed by atoms with E-state index in [0.29, 0.717) is 11.3 Å². The van der Waals surface area contributed by atoms with Gasteiger partial charge in [-0.3, -0.25) is 9.59 Å². The zero-order valence-electron chi connectivity index (χ0n) is 13.0. The molecule has 2 N–H and O–H groups in total. The molecule has 0 aliphatic carbocycles. The Labute approximate surface area is 142 Å². The Bertz CT molecular complexity index is 879. The van der Waals surface area contributed by atoms with E-state index in [1.165, 1.54) is 31.2 Å². The number of alkyl halides is 2. The van der Waals surface area contributed by atoms with E-state index >= 15 is 0 Å². The van der Waals surface area contributed by atoms with Crippen LogP contribution < -0.4 is 10.6 Å². The van der Waals surface area contributed by atoms with Crippen LogP contribution in [0.5, 0.6) is 0 Å². The summed E-state index contributed by atoms with van der Waals surface area (Å²) < 4.78 is 47.6. The van der Waals surface area contributed by atoms with E-state index in [9.17, 15) is 26.8 Å². The second-order valence-electron chi connectivity index (χ2n) is 5.04. The highest BCUT2D eigenvalue weighted by molar-refractivity contribution is 7.91. The Morgan fingerprint density at radius 3 is 1.84 bits per heavy atom. The monoisotopic (exact) mass is 368 g/mol. The van der Waals surface area contributed by atoms with Crippen molar-refractivity contribution in [2.45, 2.75) is 17.6 Å².